The lowest BCUT2D eigenvalue weighted by atomic mass is 9.99. The number of benzene rings is 1. The average molecular weight is 237 g/mol. The van der Waals surface area contributed by atoms with Crippen LogP contribution >= 0.6 is 0 Å². The molecule has 0 unspecified atom stereocenters. The van der Waals surface area contributed by atoms with E-state index in [9.17, 15) is 5.11 Å². The Morgan fingerprint density at radius 2 is 1.82 bits per heavy atom. The zero-order valence-corrected chi connectivity index (χ0v) is 10.3. The van der Waals surface area contributed by atoms with Crippen LogP contribution in [0, 0.1) is 5.92 Å². The molecule has 1 aromatic carbocycles. The number of hydrogen-bond acceptors (Lipinski definition) is 4. The van der Waals surface area contributed by atoms with E-state index in [0.717, 1.165) is 17.9 Å². The number of phenols is 1. The van der Waals surface area contributed by atoms with Crippen molar-refractivity contribution in [3.8, 4) is 17.2 Å². The number of nitrogens with two attached hydrogens (primary N) is 1. The van der Waals surface area contributed by atoms with Crippen LogP contribution in [0.1, 0.15) is 30.9 Å². The lowest BCUT2D eigenvalue weighted by molar-refractivity contribution is 0.367. The molecule has 1 aliphatic rings. The van der Waals surface area contributed by atoms with Crippen LogP contribution in [0.25, 0.3) is 0 Å². The van der Waals surface area contributed by atoms with Gasteiger partial charge in [0, 0.05) is 18.2 Å². The Hall–Kier alpha value is -1.42. The van der Waals surface area contributed by atoms with Gasteiger partial charge in [-0.2, -0.15) is 0 Å². The molecule has 0 aromatic heterocycles. The summed E-state index contributed by atoms with van der Waals surface area (Å²) in [4.78, 5) is 0. The van der Waals surface area contributed by atoms with Crippen LogP contribution in [-0.2, 0) is 0 Å². The maximum absolute atomic E-state index is 9.56. The predicted molar refractivity (Wildman–Crippen MR) is 65.5 cm³/mol. The molecular formula is C13H19NO3. The molecule has 1 fully saturated rings. The molecule has 0 saturated heterocycles. The lowest BCUT2D eigenvalue weighted by Crippen LogP contribution is -2.13. The summed E-state index contributed by atoms with van der Waals surface area (Å²) in [7, 11) is 3.14. The Labute approximate surface area is 101 Å². The molecule has 1 atom stereocenters. The molecule has 0 amide bonds. The van der Waals surface area contributed by atoms with Crippen LogP contribution in [0.4, 0.5) is 0 Å². The van der Waals surface area contributed by atoms with Gasteiger partial charge in [-0.15, -0.1) is 0 Å². The van der Waals surface area contributed by atoms with Crippen molar-refractivity contribution in [1.29, 1.82) is 0 Å². The molecule has 0 heterocycles. The number of phenolic OH excluding ortho intramolecular Hbond substituents is 1. The maximum atomic E-state index is 9.56. The fourth-order valence-electron chi connectivity index (χ4n) is 2.12. The molecule has 0 spiro atoms. The Kier molecular flexibility index (Phi) is 3.43. The van der Waals surface area contributed by atoms with Gasteiger partial charge in [-0.3, -0.25) is 0 Å². The molecule has 4 nitrogen and oxygen atoms in total. The topological polar surface area (TPSA) is 64.7 Å². The summed E-state index contributed by atoms with van der Waals surface area (Å²) >= 11 is 0. The fourth-order valence-corrected chi connectivity index (χ4v) is 2.12. The Balaban J connectivity index is 2.33. The molecule has 2 rings (SSSR count). The van der Waals surface area contributed by atoms with Gasteiger partial charge < -0.3 is 20.3 Å². The number of methoxy groups -OCH3 is 2. The highest BCUT2D eigenvalue weighted by Crippen LogP contribution is 2.43. The van der Waals surface area contributed by atoms with Gasteiger partial charge in [0.15, 0.2) is 0 Å². The molecule has 1 saturated carbocycles. The zero-order valence-electron chi connectivity index (χ0n) is 10.3. The highest BCUT2D eigenvalue weighted by molar-refractivity contribution is 5.51. The molecular weight excluding hydrogens is 218 g/mol. The van der Waals surface area contributed by atoms with Gasteiger partial charge in [-0.1, -0.05) is 12.8 Å². The molecule has 94 valence electrons. The van der Waals surface area contributed by atoms with Gasteiger partial charge in [0.25, 0.3) is 0 Å². The van der Waals surface area contributed by atoms with E-state index >= 15 is 0 Å². The van der Waals surface area contributed by atoms with E-state index < -0.39 is 0 Å². The number of rotatable bonds is 5. The van der Waals surface area contributed by atoms with Gasteiger partial charge in [0.05, 0.1) is 19.8 Å². The second kappa shape index (κ2) is 4.84. The van der Waals surface area contributed by atoms with Gasteiger partial charge >= 0.3 is 0 Å². The molecule has 0 aliphatic heterocycles. The van der Waals surface area contributed by atoms with Crippen molar-refractivity contribution in [2.45, 2.75) is 25.3 Å². The third kappa shape index (κ3) is 2.64. The number of ether oxygens (including phenoxy) is 2. The van der Waals surface area contributed by atoms with Crippen molar-refractivity contribution in [2.24, 2.45) is 11.7 Å². The van der Waals surface area contributed by atoms with Gasteiger partial charge in [0.1, 0.15) is 17.2 Å². The zero-order chi connectivity index (χ0) is 12.4. The third-order valence-electron chi connectivity index (χ3n) is 3.18. The van der Waals surface area contributed by atoms with Crippen molar-refractivity contribution in [3.63, 3.8) is 0 Å². The van der Waals surface area contributed by atoms with E-state index in [1.807, 2.05) is 0 Å². The van der Waals surface area contributed by atoms with Crippen LogP contribution in [0.15, 0.2) is 12.1 Å². The summed E-state index contributed by atoms with van der Waals surface area (Å²) in [6.45, 7) is 0. The first-order valence-corrected chi connectivity index (χ1v) is 5.86. The fraction of sp³-hybridized carbons (Fsp3) is 0.538. The van der Waals surface area contributed by atoms with Crippen molar-refractivity contribution in [2.75, 3.05) is 14.2 Å². The Morgan fingerprint density at radius 3 is 2.24 bits per heavy atom. The summed E-state index contributed by atoms with van der Waals surface area (Å²) < 4.78 is 10.5. The minimum absolute atomic E-state index is 0.104. The average Bonchev–Trinajstić information content (AvgIpc) is 3.11. The Bertz CT molecular complexity index is 377. The van der Waals surface area contributed by atoms with E-state index in [1.165, 1.54) is 12.8 Å². The van der Waals surface area contributed by atoms with Crippen LogP contribution in [0.3, 0.4) is 0 Å². The number of aromatic hydroxyl groups is 1. The largest absolute Gasteiger partial charge is 0.508 e. The first-order chi connectivity index (χ1) is 8.15. The minimum Gasteiger partial charge on any atom is -0.508 e. The van der Waals surface area contributed by atoms with E-state index in [2.05, 4.69) is 0 Å². The molecule has 0 bridgehead atoms. The van der Waals surface area contributed by atoms with Crippen molar-refractivity contribution in [1.82, 2.24) is 0 Å². The molecule has 0 radical (unpaired) electrons. The molecule has 17 heavy (non-hydrogen) atoms. The SMILES string of the molecule is COc1cc(O)cc(OC)c1[C@H](N)CC1CC1. The Morgan fingerprint density at radius 1 is 1.29 bits per heavy atom. The quantitative estimate of drug-likeness (QED) is 0.824. The van der Waals surface area contributed by atoms with E-state index in [-0.39, 0.29) is 11.8 Å². The van der Waals surface area contributed by atoms with Crippen LogP contribution in [0.5, 0.6) is 17.2 Å². The van der Waals surface area contributed by atoms with E-state index in [1.54, 1.807) is 26.4 Å². The molecule has 3 N–H and O–H groups in total. The van der Waals surface area contributed by atoms with Crippen LogP contribution < -0.4 is 15.2 Å². The summed E-state index contributed by atoms with van der Waals surface area (Å²) in [5.41, 5.74) is 7.04. The van der Waals surface area contributed by atoms with Crippen molar-refractivity contribution < 1.29 is 14.6 Å². The molecule has 1 aliphatic carbocycles. The van der Waals surface area contributed by atoms with Gasteiger partial charge in [-0.05, 0) is 12.3 Å². The van der Waals surface area contributed by atoms with Gasteiger partial charge in [0.2, 0.25) is 0 Å². The van der Waals surface area contributed by atoms with Gasteiger partial charge in [-0.25, -0.2) is 0 Å². The maximum Gasteiger partial charge on any atom is 0.131 e. The monoisotopic (exact) mass is 237 g/mol. The minimum atomic E-state index is -0.104. The summed E-state index contributed by atoms with van der Waals surface area (Å²) in [6.07, 6.45) is 3.46. The third-order valence-corrected chi connectivity index (χ3v) is 3.18. The summed E-state index contributed by atoms with van der Waals surface area (Å²) in [5.74, 6) is 2.04. The highest BCUT2D eigenvalue weighted by atomic mass is 16.5. The first kappa shape index (κ1) is 12.0. The summed E-state index contributed by atoms with van der Waals surface area (Å²) in [5, 5.41) is 9.56. The van der Waals surface area contributed by atoms with Crippen LogP contribution in [-0.4, -0.2) is 19.3 Å². The standard InChI is InChI=1S/C13H19NO3/c1-16-11-6-9(15)7-12(17-2)13(11)10(14)5-8-3-4-8/h6-8,10,15H,3-5,14H2,1-2H3/t10-/m1/s1. The van der Waals surface area contributed by atoms with Crippen molar-refractivity contribution in [3.05, 3.63) is 17.7 Å². The normalized spacial score (nSPS) is 16.6. The van der Waals surface area contributed by atoms with Crippen LogP contribution in [0.2, 0.25) is 0 Å². The highest BCUT2D eigenvalue weighted by Gasteiger charge is 2.27. The second-order valence-corrected chi connectivity index (χ2v) is 4.55. The van der Waals surface area contributed by atoms with Crippen molar-refractivity contribution >= 4 is 0 Å². The lowest BCUT2D eigenvalue weighted by Gasteiger charge is -2.19. The summed E-state index contributed by atoms with van der Waals surface area (Å²) in [6, 6.07) is 3.04. The second-order valence-electron chi connectivity index (χ2n) is 4.55. The van der Waals surface area contributed by atoms with E-state index in [4.69, 9.17) is 15.2 Å². The first-order valence-electron chi connectivity index (χ1n) is 5.86. The molecule has 1 aromatic rings. The number of hydrogen-bond donors (Lipinski definition) is 2. The molecule has 4 heteroatoms. The van der Waals surface area contributed by atoms with E-state index in [0.29, 0.717) is 11.5 Å². The predicted octanol–water partition coefficient (Wildman–Crippen LogP) is 2.21. The smallest absolute Gasteiger partial charge is 0.131 e.